The van der Waals surface area contributed by atoms with Gasteiger partial charge < -0.3 is 10.6 Å². The number of allylic oxidation sites excluding steroid dienone is 1. The number of hydrogen-bond donors (Lipinski definition) is 2. The summed E-state index contributed by atoms with van der Waals surface area (Å²) in [5.41, 5.74) is -0.354. The van der Waals surface area contributed by atoms with Crippen LogP contribution in [0.1, 0.15) is 37.3 Å². The molecule has 1 aliphatic rings. The molecule has 0 heterocycles. The molecule has 2 amide bonds. The lowest BCUT2D eigenvalue weighted by Crippen LogP contribution is -2.41. The van der Waals surface area contributed by atoms with Crippen LogP contribution in [0.4, 0.5) is 18.0 Å². The summed E-state index contributed by atoms with van der Waals surface area (Å²) in [7, 11) is 0. The molecule has 3 nitrogen and oxygen atoms in total. The molecular weight excluding hydrogens is 281 g/mol. The number of carbonyl (C=O) groups is 1. The van der Waals surface area contributed by atoms with Crippen molar-refractivity contribution in [2.45, 2.75) is 37.9 Å². The summed E-state index contributed by atoms with van der Waals surface area (Å²) in [6, 6.07) is 4.66. The molecule has 6 heteroatoms. The SMILES string of the molecule is C=C(CC)NC(=O)NC1(c2cccc(C(F)(F)F)c2)CC1. The van der Waals surface area contributed by atoms with E-state index in [9.17, 15) is 18.0 Å². The Morgan fingerprint density at radius 2 is 2.05 bits per heavy atom. The fourth-order valence-corrected chi connectivity index (χ4v) is 2.10. The van der Waals surface area contributed by atoms with E-state index in [1.807, 2.05) is 6.92 Å². The number of carbonyl (C=O) groups excluding carboxylic acids is 1. The van der Waals surface area contributed by atoms with Crippen LogP contribution in [-0.4, -0.2) is 6.03 Å². The second-order valence-corrected chi connectivity index (χ2v) is 5.20. The minimum Gasteiger partial charge on any atom is -0.328 e. The van der Waals surface area contributed by atoms with Gasteiger partial charge >= 0.3 is 12.2 Å². The number of hydrogen-bond acceptors (Lipinski definition) is 1. The van der Waals surface area contributed by atoms with Crippen molar-refractivity contribution in [2.75, 3.05) is 0 Å². The number of urea groups is 1. The van der Waals surface area contributed by atoms with Crippen molar-refractivity contribution >= 4 is 6.03 Å². The Kier molecular flexibility index (Phi) is 3.98. The van der Waals surface area contributed by atoms with Gasteiger partial charge in [0.05, 0.1) is 11.1 Å². The molecule has 1 aromatic rings. The molecule has 1 fully saturated rings. The number of nitrogens with one attached hydrogen (secondary N) is 2. The summed E-state index contributed by atoms with van der Waals surface area (Å²) in [5.74, 6) is 0. The summed E-state index contributed by atoms with van der Waals surface area (Å²) in [4.78, 5) is 11.8. The highest BCUT2D eigenvalue weighted by atomic mass is 19.4. The monoisotopic (exact) mass is 298 g/mol. The maximum absolute atomic E-state index is 12.7. The number of rotatable bonds is 4. The van der Waals surface area contributed by atoms with Crippen molar-refractivity contribution in [3.63, 3.8) is 0 Å². The summed E-state index contributed by atoms with van der Waals surface area (Å²) in [5, 5.41) is 5.32. The molecule has 0 saturated heterocycles. The van der Waals surface area contributed by atoms with Crippen molar-refractivity contribution in [1.29, 1.82) is 0 Å². The van der Waals surface area contributed by atoms with Crippen LogP contribution in [0.2, 0.25) is 0 Å². The lowest BCUT2D eigenvalue weighted by atomic mass is 10.0. The minimum atomic E-state index is -4.38. The van der Waals surface area contributed by atoms with Gasteiger partial charge in [0.1, 0.15) is 0 Å². The Morgan fingerprint density at radius 3 is 2.57 bits per heavy atom. The van der Waals surface area contributed by atoms with Crippen molar-refractivity contribution in [3.8, 4) is 0 Å². The largest absolute Gasteiger partial charge is 0.416 e. The predicted molar refractivity (Wildman–Crippen MR) is 73.5 cm³/mol. The zero-order chi connectivity index (χ0) is 15.7. The molecule has 1 saturated carbocycles. The average molecular weight is 298 g/mol. The fourth-order valence-electron chi connectivity index (χ4n) is 2.10. The number of halogens is 3. The molecule has 1 aromatic carbocycles. The number of alkyl halides is 3. The Balaban J connectivity index is 2.14. The van der Waals surface area contributed by atoms with Gasteiger partial charge in [-0.05, 0) is 37.0 Å². The van der Waals surface area contributed by atoms with E-state index in [1.165, 1.54) is 6.07 Å². The molecule has 21 heavy (non-hydrogen) atoms. The molecule has 0 aliphatic heterocycles. The van der Waals surface area contributed by atoms with Gasteiger partial charge in [0.15, 0.2) is 0 Å². The second-order valence-electron chi connectivity index (χ2n) is 5.20. The third-order valence-corrected chi connectivity index (χ3v) is 3.56. The highest BCUT2D eigenvalue weighted by molar-refractivity contribution is 5.77. The van der Waals surface area contributed by atoms with Crippen LogP contribution < -0.4 is 10.6 Å². The average Bonchev–Trinajstić information content (AvgIpc) is 3.18. The van der Waals surface area contributed by atoms with Crippen LogP contribution in [0.3, 0.4) is 0 Å². The van der Waals surface area contributed by atoms with Crippen LogP contribution in [0.25, 0.3) is 0 Å². The Morgan fingerprint density at radius 1 is 1.38 bits per heavy atom. The van der Waals surface area contributed by atoms with E-state index < -0.39 is 23.3 Å². The van der Waals surface area contributed by atoms with E-state index in [0.29, 0.717) is 30.5 Å². The molecule has 0 aromatic heterocycles. The molecule has 0 radical (unpaired) electrons. The van der Waals surface area contributed by atoms with Gasteiger partial charge in [-0.1, -0.05) is 25.6 Å². The van der Waals surface area contributed by atoms with Gasteiger partial charge in [0.25, 0.3) is 0 Å². The summed E-state index contributed by atoms with van der Waals surface area (Å²) < 4.78 is 38.2. The molecule has 0 atom stereocenters. The van der Waals surface area contributed by atoms with E-state index in [1.54, 1.807) is 6.07 Å². The molecule has 0 unspecified atom stereocenters. The first-order chi connectivity index (χ1) is 9.77. The zero-order valence-corrected chi connectivity index (χ0v) is 11.7. The van der Waals surface area contributed by atoms with Crippen molar-refractivity contribution in [3.05, 3.63) is 47.7 Å². The molecular formula is C15H17F3N2O. The van der Waals surface area contributed by atoms with Gasteiger partial charge in [0, 0.05) is 5.70 Å². The van der Waals surface area contributed by atoms with Crippen LogP contribution in [0.15, 0.2) is 36.5 Å². The van der Waals surface area contributed by atoms with Crippen LogP contribution >= 0.6 is 0 Å². The smallest absolute Gasteiger partial charge is 0.328 e. The molecule has 1 aliphatic carbocycles. The summed E-state index contributed by atoms with van der Waals surface area (Å²) in [6.07, 6.45) is -2.53. The maximum atomic E-state index is 12.7. The molecule has 2 N–H and O–H groups in total. The number of benzene rings is 1. The first-order valence-electron chi connectivity index (χ1n) is 6.71. The van der Waals surface area contributed by atoms with E-state index in [0.717, 1.165) is 12.1 Å². The van der Waals surface area contributed by atoms with Gasteiger partial charge in [-0.2, -0.15) is 13.2 Å². The normalized spacial score (nSPS) is 16.2. The van der Waals surface area contributed by atoms with E-state index in [4.69, 9.17) is 0 Å². The van der Waals surface area contributed by atoms with Crippen LogP contribution in [0.5, 0.6) is 0 Å². The van der Waals surface area contributed by atoms with E-state index in [2.05, 4.69) is 17.2 Å². The van der Waals surface area contributed by atoms with Crippen molar-refractivity contribution in [1.82, 2.24) is 10.6 Å². The third-order valence-electron chi connectivity index (χ3n) is 3.56. The third kappa shape index (κ3) is 3.56. The van der Waals surface area contributed by atoms with E-state index in [-0.39, 0.29) is 0 Å². The molecule has 2 rings (SSSR count). The molecule has 114 valence electrons. The fraction of sp³-hybridized carbons (Fsp3) is 0.400. The van der Waals surface area contributed by atoms with Gasteiger partial charge in [0.2, 0.25) is 0 Å². The van der Waals surface area contributed by atoms with E-state index >= 15 is 0 Å². The maximum Gasteiger partial charge on any atom is 0.416 e. The van der Waals surface area contributed by atoms with Gasteiger partial charge in [-0.3, -0.25) is 0 Å². The van der Waals surface area contributed by atoms with Crippen LogP contribution in [0, 0.1) is 0 Å². The summed E-state index contributed by atoms with van der Waals surface area (Å²) in [6.45, 7) is 5.51. The Labute approximate surface area is 121 Å². The first-order valence-corrected chi connectivity index (χ1v) is 6.71. The predicted octanol–water partition coefficient (Wildman–Crippen LogP) is 3.92. The van der Waals surface area contributed by atoms with Gasteiger partial charge in [-0.15, -0.1) is 0 Å². The zero-order valence-electron chi connectivity index (χ0n) is 11.7. The lowest BCUT2D eigenvalue weighted by Gasteiger charge is -2.20. The summed E-state index contributed by atoms with van der Waals surface area (Å²) >= 11 is 0. The molecule has 0 spiro atoms. The highest BCUT2D eigenvalue weighted by Crippen LogP contribution is 2.46. The lowest BCUT2D eigenvalue weighted by molar-refractivity contribution is -0.137. The number of amides is 2. The van der Waals surface area contributed by atoms with Crippen molar-refractivity contribution in [2.24, 2.45) is 0 Å². The Hall–Kier alpha value is -1.98. The topological polar surface area (TPSA) is 41.1 Å². The van der Waals surface area contributed by atoms with Crippen molar-refractivity contribution < 1.29 is 18.0 Å². The second kappa shape index (κ2) is 5.42. The first kappa shape index (κ1) is 15.4. The minimum absolute atomic E-state index is 0.434. The highest BCUT2D eigenvalue weighted by Gasteiger charge is 2.46. The quantitative estimate of drug-likeness (QED) is 0.869. The van der Waals surface area contributed by atoms with Crippen LogP contribution in [-0.2, 0) is 11.7 Å². The molecule has 0 bridgehead atoms. The Bertz CT molecular complexity index is 562. The standard InChI is InChI=1S/C15H17F3N2O/c1-3-10(2)19-13(21)20-14(7-8-14)11-5-4-6-12(9-11)15(16,17)18/h4-6,9H,2-3,7-8H2,1H3,(H2,19,20,21). The van der Waals surface area contributed by atoms with Gasteiger partial charge in [-0.25, -0.2) is 4.79 Å².